The molecule has 0 radical (unpaired) electrons. The maximum atomic E-state index is 12.5. The van der Waals surface area contributed by atoms with Crippen molar-refractivity contribution in [1.29, 1.82) is 0 Å². The Morgan fingerprint density at radius 1 is 1.26 bits per heavy atom. The average Bonchev–Trinajstić information content (AvgIpc) is 2.76. The van der Waals surface area contributed by atoms with Crippen LogP contribution in [0.4, 0.5) is 16.2 Å². The highest BCUT2D eigenvalue weighted by atomic mass is 35.5. The fourth-order valence-corrected chi connectivity index (χ4v) is 3.47. The number of hydrogen-bond acceptors (Lipinski definition) is 5. The van der Waals surface area contributed by atoms with Gasteiger partial charge in [0.2, 0.25) is 0 Å². The lowest BCUT2D eigenvalue weighted by Crippen LogP contribution is -2.34. The maximum Gasteiger partial charge on any atom is 0.410 e. The molecule has 1 heterocycles. The summed E-state index contributed by atoms with van der Waals surface area (Å²) in [6.45, 7) is 9.54. The van der Waals surface area contributed by atoms with Crippen molar-refractivity contribution in [1.82, 2.24) is 9.88 Å². The molecule has 0 bridgehead atoms. The fraction of sp³-hybridized carbons (Fsp3) is 0.423. The van der Waals surface area contributed by atoms with Crippen LogP contribution in [-0.4, -0.2) is 40.0 Å². The van der Waals surface area contributed by atoms with Gasteiger partial charge in [0.25, 0.3) is 0 Å². The molecular formula is C26H35Cl2N5O2. The number of allylic oxidation sites excluding steroid dienone is 1. The first kappa shape index (κ1) is 28.5. The molecule has 0 saturated heterocycles. The minimum atomic E-state index is -0.566. The molecule has 1 atom stereocenters. The van der Waals surface area contributed by atoms with Crippen LogP contribution in [0.25, 0.3) is 0 Å². The number of aromatic nitrogens is 1. The van der Waals surface area contributed by atoms with E-state index in [9.17, 15) is 4.79 Å². The smallest absolute Gasteiger partial charge is 0.410 e. The van der Waals surface area contributed by atoms with Crippen molar-refractivity contribution in [2.24, 2.45) is 4.99 Å². The van der Waals surface area contributed by atoms with E-state index in [0.29, 0.717) is 29.5 Å². The van der Waals surface area contributed by atoms with Gasteiger partial charge in [-0.15, -0.1) is 0 Å². The molecule has 3 N–H and O–H groups in total. The van der Waals surface area contributed by atoms with Crippen molar-refractivity contribution in [3.63, 3.8) is 0 Å². The lowest BCUT2D eigenvalue weighted by molar-refractivity contribution is 0.0285. The van der Waals surface area contributed by atoms with Crippen molar-refractivity contribution >= 4 is 46.5 Å². The number of nitrogens with zero attached hydrogens (tertiary/aromatic N) is 3. The number of ether oxygens (including phenoxy) is 1. The number of carbonyl (C=O) groups excluding carboxylic acids is 1. The first-order valence-electron chi connectivity index (χ1n) is 11.4. The number of nitrogen functional groups attached to an aromatic ring is 1. The summed E-state index contributed by atoms with van der Waals surface area (Å²) in [4.78, 5) is 22.7. The Morgan fingerprint density at radius 3 is 2.57 bits per heavy atom. The van der Waals surface area contributed by atoms with Crippen LogP contribution in [0, 0.1) is 0 Å². The zero-order valence-electron chi connectivity index (χ0n) is 21.2. The summed E-state index contributed by atoms with van der Waals surface area (Å²) in [6, 6.07) is 7.87. The average molecular weight is 521 g/mol. The topological polar surface area (TPSA) is 92.8 Å². The molecule has 0 fully saturated rings. The summed E-state index contributed by atoms with van der Waals surface area (Å²) in [6.07, 6.45) is 6.26. The number of rotatable bonds is 8. The van der Waals surface area contributed by atoms with Gasteiger partial charge in [0.1, 0.15) is 16.9 Å². The summed E-state index contributed by atoms with van der Waals surface area (Å²) >= 11 is 12.4. The number of pyridine rings is 1. The maximum absolute atomic E-state index is 12.5. The molecule has 0 spiro atoms. The summed E-state index contributed by atoms with van der Waals surface area (Å²) in [5.74, 6) is 0.487. The van der Waals surface area contributed by atoms with E-state index in [4.69, 9.17) is 33.7 Å². The fourth-order valence-electron chi connectivity index (χ4n) is 3.28. The molecule has 1 unspecified atom stereocenters. The number of amidine groups is 1. The zero-order valence-corrected chi connectivity index (χ0v) is 22.7. The number of amides is 1. The Balaban J connectivity index is 2.34. The van der Waals surface area contributed by atoms with Crippen LogP contribution in [0.2, 0.25) is 0 Å². The van der Waals surface area contributed by atoms with Gasteiger partial charge in [-0.1, -0.05) is 35.3 Å². The van der Waals surface area contributed by atoms with E-state index in [0.717, 1.165) is 28.8 Å². The standard InChI is InChI=1S/C26H35Cl2N5O2/c1-7-23(28)24(31-17(2)27)32-22-11-10-20(16-33(6)25(34)35-26(3,4)5)19(13-22)9-8-18-12-21(29)15-30-14-18/h7,10-15,17H,8-9,16,29H2,1-6H3,(H,31,32)/b23-7+. The second-order valence-electron chi connectivity index (χ2n) is 9.26. The van der Waals surface area contributed by atoms with Crippen LogP contribution < -0.4 is 11.1 Å². The van der Waals surface area contributed by atoms with Gasteiger partial charge in [0.15, 0.2) is 0 Å². The number of nitrogens with two attached hydrogens (primary N) is 1. The number of alkyl halides is 1. The number of halogens is 2. The van der Waals surface area contributed by atoms with E-state index in [1.807, 2.05) is 58.2 Å². The number of aryl methyl sites for hydroxylation is 2. The van der Waals surface area contributed by atoms with E-state index < -0.39 is 11.1 Å². The third-order valence-corrected chi connectivity index (χ3v) is 5.36. The van der Waals surface area contributed by atoms with Gasteiger partial charge < -0.3 is 20.7 Å². The van der Waals surface area contributed by atoms with Crippen LogP contribution in [0.1, 0.15) is 51.3 Å². The predicted octanol–water partition coefficient (Wildman–Crippen LogP) is 6.35. The lowest BCUT2D eigenvalue weighted by Gasteiger charge is -2.25. The highest BCUT2D eigenvalue weighted by molar-refractivity contribution is 6.45. The van der Waals surface area contributed by atoms with E-state index in [1.165, 1.54) is 0 Å². The lowest BCUT2D eigenvalue weighted by atomic mass is 9.99. The Bertz CT molecular complexity index is 1080. The normalized spacial score (nSPS) is 13.4. The first-order chi connectivity index (χ1) is 16.4. The Kier molecular flexibility index (Phi) is 10.4. The molecule has 1 amide bonds. The quantitative estimate of drug-likeness (QED) is 0.183. The van der Waals surface area contributed by atoms with Gasteiger partial charge >= 0.3 is 6.09 Å². The van der Waals surface area contributed by atoms with Crippen molar-refractivity contribution < 1.29 is 9.53 Å². The first-order valence-corrected chi connectivity index (χ1v) is 12.3. The van der Waals surface area contributed by atoms with Crippen LogP contribution in [0.3, 0.4) is 0 Å². The second kappa shape index (κ2) is 12.8. The van der Waals surface area contributed by atoms with Crippen molar-refractivity contribution in [2.45, 2.75) is 65.1 Å². The third kappa shape index (κ3) is 9.78. The van der Waals surface area contributed by atoms with Crippen LogP contribution in [0.15, 0.2) is 52.8 Å². The largest absolute Gasteiger partial charge is 0.444 e. The van der Waals surface area contributed by atoms with Crippen molar-refractivity contribution in [2.75, 3.05) is 18.1 Å². The molecule has 2 rings (SSSR count). The summed E-state index contributed by atoms with van der Waals surface area (Å²) in [5, 5.41) is 3.74. The van der Waals surface area contributed by atoms with E-state index in [1.54, 1.807) is 31.1 Å². The Labute approximate surface area is 218 Å². The highest BCUT2D eigenvalue weighted by Crippen LogP contribution is 2.22. The summed E-state index contributed by atoms with van der Waals surface area (Å²) in [7, 11) is 1.73. The van der Waals surface area contributed by atoms with Gasteiger partial charge in [-0.05, 0) is 82.3 Å². The molecule has 1 aromatic carbocycles. The number of carbonyl (C=O) groups is 1. The van der Waals surface area contributed by atoms with Crippen LogP contribution >= 0.6 is 23.2 Å². The van der Waals surface area contributed by atoms with Gasteiger partial charge in [0, 0.05) is 31.7 Å². The molecular weight excluding hydrogens is 485 g/mol. The Morgan fingerprint density at radius 2 is 1.97 bits per heavy atom. The molecule has 0 aliphatic carbocycles. The summed E-state index contributed by atoms with van der Waals surface area (Å²) < 4.78 is 5.51. The molecule has 0 aliphatic heterocycles. The van der Waals surface area contributed by atoms with Crippen molar-refractivity contribution in [3.05, 3.63) is 64.5 Å². The van der Waals surface area contributed by atoms with Crippen molar-refractivity contribution in [3.8, 4) is 0 Å². The third-order valence-electron chi connectivity index (χ3n) is 4.87. The van der Waals surface area contributed by atoms with Gasteiger partial charge in [0.05, 0.1) is 10.7 Å². The molecule has 1 aromatic heterocycles. The SMILES string of the molecule is C/C=C(Cl)\C(=N/C(C)Cl)Nc1ccc(CN(C)C(=O)OC(C)(C)C)c(CCc2cncc(N)c2)c1. The molecule has 2 aromatic rings. The minimum absolute atomic E-state index is 0.379. The predicted molar refractivity (Wildman–Crippen MR) is 146 cm³/mol. The van der Waals surface area contributed by atoms with E-state index in [2.05, 4.69) is 15.3 Å². The molecule has 9 heteroatoms. The Hall–Kier alpha value is -2.77. The number of hydrogen-bond donors (Lipinski definition) is 2. The number of nitrogens with one attached hydrogen (secondary N) is 1. The van der Waals surface area contributed by atoms with Gasteiger partial charge in [-0.2, -0.15) is 0 Å². The van der Waals surface area contributed by atoms with E-state index in [-0.39, 0.29) is 6.09 Å². The van der Waals surface area contributed by atoms with Gasteiger partial charge in [-0.25, -0.2) is 9.79 Å². The number of aliphatic imine (C=N–C) groups is 1. The molecule has 0 saturated carbocycles. The molecule has 0 aliphatic rings. The second-order valence-corrected chi connectivity index (χ2v) is 10.3. The number of benzene rings is 1. The molecule has 190 valence electrons. The van der Waals surface area contributed by atoms with Crippen LogP contribution in [-0.2, 0) is 24.1 Å². The summed E-state index contributed by atoms with van der Waals surface area (Å²) in [5.41, 5.74) is 9.42. The monoisotopic (exact) mass is 519 g/mol. The minimum Gasteiger partial charge on any atom is -0.444 e. The van der Waals surface area contributed by atoms with Gasteiger partial charge in [-0.3, -0.25) is 4.98 Å². The van der Waals surface area contributed by atoms with Crippen LogP contribution in [0.5, 0.6) is 0 Å². The number of anilines is 2. The molecule has 35 heavy (non-hydrogen) atoms. The molecule has 7 nitrogen and oxygen atoms in total. The zero-order chi connectivity index (χ0) is 26.2. The van der Waals surface area contributed by atoms with E-state index >= 15 is 0 Å². The highest BCUT2D eigenvalue weighted by Gasteiger charge is 2.20.